The number of aliphatic hydroxyl groups excluding tert-OH is 1. The summed E-state index contributed by atoms with van der Waals surface area (Å²) in [6.45, 7) is 0.639. The quantitative estimate of drug-likeness (QED) is 0.814. The second-order valence-electron chi connectivity index (χ2n) is 3.26. The number of methoxy groups -OCH3 is 1. The van der Waals surface area contributed by atoms with Crippen molar-refractivity contribution in [1.29, 1.82) is 0 Å². The van der Waals surface area contributed by atoms with Crippen LogP contribution in [0, 0.1) is 0 Å². The van der Waals surface area contributed by atoms with Crippen molar-refractivity contribution >= 4 is 0 Å². The number of aliphatic hydroxyl groups is 1. The number of hydrogen-bond donors (Lipinski definition) is 1. The molecule has 80 valence electrons. The molecule has 1 N–H and O–H groups in total. The fourth-order valence-electron chi connectivity index (χ4n) is 1.57. The van der Waals surface area contributed by atoms with Gasteiger partial charge in [0.05, 0.1) is 19.9 Å². The van der Waals surface area contributed by atoms with E-state index < -0.39 is 6.10 Å². The molecule has 0 fully saturated rings. The number of hydrogen-bond acceptors (Lipinski definition) is 4. The summed E-state index contributed by atoms with van der Waals surface area (Å²) in [7, 11) is 1.55. The molecule has 4 heteroatoms. The van der Waals surface area contributed by atoms with Crippen LogP contribution in [0.5, 0.6) is 5.75 Å². The second kappa shape index (κ2) is 4.31. The summed E-state index contributed by atoms with van der Waals surface area (Å²) in [6, 6.07) is 1.73. The van der Waals surface area contributed by atoms with Crippen LogP contribution >= 0.6 is 0 Å². The van der Waals surface area contributed by atoms with Gasteiger partial charge in [0.25, 0.3) is 0 Å². The fourth-order valence-corrected chi connectivity index (χ4v) is 1.57. The predicted molar refractivity (Wildman–Crippen MR) is 54.4 cm³/mol. The Bertz CT molecular complexity index is 376. The maximum Gasteiger partial charge on any atom is 0.143 e. The normalized spacial score (nSPS) is 16.8. The van der Waals surface area contributed by atoms with Crippen LogP contribution in [0.4, 0.5) is 0 Å². The lowest BCUT2D eigenvalue weighted by atomic mass is 10.1. The van der Waals surface area contributed by atoms with Crippen molar-refractivity contribution in [3.8, 4) is 5.75 Å². The molecule has 15 heavy (non-hydrogen) atoms. The van der Waals surface area contributed by atoms with Crippen LogP contribution in [-0.2, 0) is 4.74 Å². The summed E-state index contributed by atoms with van der Waals surface area (Å²) in [5, 5.41) is 10.0. The van der Waals surface area contributed by atoms with Gasteiger partial charge in [-0.05, 0) is 12.1 Å². The molecule has 4 nitrogen and oxygen atoms in total. The van der Waals surface area contributed by atoms with Crippen molar-refractivity contribution < 1.29 is 14.6 Å². The topological polar surface area (TPSA) is 51.6 Å². The standard InChI is InChI=1S/C11H13NO3/c1-14-10-7-12-5-4-8(10)11(13)9-3-2-6-15-9/h3-5,7,11,13H,2,6H2,1H3. The Kier molecular flexibility index (Phi) is 2.87. The van der Waals surface area contributed by atoms with Crippen molar-refractivity contribution in [3.63, 3.8) is 0 Å². The molecule has 1 aliphatic rings. The van der Waals surface area contributed by atoms with Crippen LogP contribution < -0.4 is 4.74 Å². The second-order valence-corrected chi connectivity index (χ2v) is 3.26. The van der Waals surface area contributed by atoms with Crippen LogP contribution in [0.3, 0.4) is 0 Å². The first-order valence-electron chi connectivity index (χ1n) is 4.81. The molecule has 2 rings (SSSR count). The smallest absolute Gasteiger partial charge is 0.143 e. The highest BCUT2D eigenvalue weighted by molar-refractivity contribution is 5.35. The molecule has 1 atom stereocenters. The lowest BCUT2D eigenvalue weighted by molar-refractivity contribution is 0.116. The Morgan fingerprint density at radius 1 is 1.60 bits per heavy atom. The molecule has 0 saturated carbocycles. The molecular formula is C11H13NO3. The van der Waals surface area contributed by atoms with E-state index in [2.05, 4.69) is 4.98 Å². The Labute approximate surface area is 88.2 Å². The van der Waals surface area contributed by atoms with Gasteiger partial charge < -0.3 is 14.6 Å². The van der Waals surface area contributed by atoms with Crippen molar-refractivity contribution in [3.05, 3.63) is 35.9 Å². The molecule has 0 amide bonds. The predicted octanol–water partition coefficient (Wildman–Crippen LogP) is 1.43. The van der Waals surface area contributed by atoms with E-state index in [1.165, 1.54) is 0 Å². The van der Waals surface area contributed by atoms with Crippen LogP contribution in [0.25, 0.3) is 0 Å². The first-order valence-corrected chi connectivity index (χ1v) is 4.81. The van der Waals surface area contributed by atoms with Gasteiger partial charge in [-0.1, -0.05) is 0 Å². The first kappa shape index (κ1) is 9.98. The summed E-state index contributed by atoms with van der Waals surface area (Å²) in [5.41, 5.74) is 0.681. The molecule has 0 radical (unpaired) electrons. The fraction of sp³-hybridized carbons (Fsp3) is 0.364. The third-order valence-corrected chi connectivity index (χ3v) is 2.33. The molecule has 1 aromatic heterocycles. The number of rotatable bonds is 3. The maximum absolute atomic E-state index is 10.0. The molecule has 0 bridgehead atoms. The van der Waals surface area contributed by atoms with Crippen LogP contribution in [-0.4, -0.2) is 23.8 Å². The minimum Gasteiger partial charge on any atom is -0.495 e. The lowest BCUT2D eigenvalue weighted by Gasteiger charge is -2.14. The molecule has 1 unspecified atom stereocenters. The van der Waals surface area contributed by atoms with E-state index in [0.29, 0.717) is 23.7 Å². The number of nitrogens with zero attached hydrogens (tertiary/aromatic N) is 1. The summed E-state index contributed by atoms with van der Waals surface area (Å²) in [5.74, 6) is 1.17. The highest BCUT2D eigenvalue weighted by atomic mass is 16.5. The van der Waals surface area contributed by atoms with Gasteiger partial charge in [0.1, 0.15) is 17.6 Å². The number of pyridine rings is 1. The van der Waals surface area contributed by atoms with Crippen molar-refractivity contribution in [2.75, 3.05) is 13.7 Å². The largest absolute Gasteiger partial charge is 0.495 e. The molecule has 0 aliphatic carbocycles. The van der Waals surface area contributed by atoms with Gasteiger partial charge in [-0.25, -0.2) is 0 Å². The molecular weight excluding hydrogens is 194 g/mol. The van der Waals surface area contributed by atoms with Gasteiger partial charge in [0.15, 0.2) is 0 Å². The molecule has 0 saturated heterocycles. The molecule has 1 aromatic rings. The van der Waals surface area contributed by atoms with Crippen LogP contribution in [0.2, 0.25) is 0 Å². The minimum absolute atomic E-state index is 0.571. The number of ether oxygens (including phenoxy) is 2. The zero-order chi connectivity index (χ0) is 10.7. The van der Waals surface area contributed by atoms with Gasteiger partial charge >= 0.3 is 0 Å². The average Bonchev–Trinajstić information content (AvgIpc) is 2.81. The Balaban J connectivity index is 2.27. The van der Waals surface area contributed by atoms with Gasteiger partial charge in [0.2, 0.25) is 0 Å². The SMILES string of the molecule is COc1cnccc1C(O)C1=CCCO1. The Morgan fingerprint density at radius 2 is 2.47 bits per heavy atom. The van der Waals surface area contributed by atoms with E-state index in [4.69, 9.17) is 9.47 Å². The minimum atomic E-state index is -0.759. The highest BCUT2D eigenvalue weighted by Crippen LogP contribution is 2.31. The van der Waals surface area contributed by atoms with Gasteiger partial charge in [-0.2, -0.15) is 0 Å². The average molecular weight is 207 g/mol. The van der Waals surface area contributed by atoms with Gasteiger partial charge in [0, 0.05) is 18.2 Å². The molecule has 2 heterocycles. The monoisotopic (exact) mass is 207 g/mol. The van der Waals surface area contributed by atoms with E-state index in [-0.39, 0.29) is 0 Å². The van der Waals surface area contributed by atoms with Crippen LogP contribution in [0.15, 0.2) is 30.3 Å². The highest BCUT2D eigenvalue weighted by Gasteiger charge is 2.21. The number of aromatic nitrogens is 1. The lowest BCUT2D eigenvalue weighted by Crippen LogP contribution is -2.04. The Hall–Kier alpha value is -1.55. The van der Waals surface area contributed by atoms with E-state index in [9.17, 15) is 5.11 Å². The van der Waals surface area contributed by atoms with E-state index in [1.54, 1.807) is 25.6 Å². The van der Waals surface area contributed by atoms with E-state index in [0.717, 1.165) is 6.42 Å². The molecule has 0 aromatic carbocycles. The third kappa shape index (κ3) is 1.94. The summed E-state index contributed by atoms with van der Waals surface area (Å²) >= 11 is 0. The third-order valence-electron chi connectivity index (χ3n) is 2.33. The summed E-state index contributed by atoms with van der Waals surface area (Å²) in [4.78, 5) is 3.93. The zero-order valence-electron chi connectivity index (χ0n) is 8.51. The van der Waals surface area contributed by atoms with Crippen molar-refractivity contribution in [2.24, 2.45) is 0 Å². The summed E-state index contributed by atoms with van der Waals surface area (Å²) in [6.07, 6.45) is 5.18. The van der Waals surface area contributed by atoms with Crippen molar-refractivity contribution in [2.45, 2.75) is 12.5 Å². The van der Waals surface area contributed by atoms with Gasteiger partial charge in [-0.15, -0.1) is 0 Å². The molecule has 1 aliphatic heterocycles. The summed E-state index contributed by atoms with van der Waals surface area (Å²) < 4.78 is 10.4. The van der Waals surface area contributed by atoms with Crippen molar-refractivity contribution in [1.82, 2.24) is 4.98 Å². The van der Waals surface area contributed by atoms with E-state index >= 15 is 0 Å². The molecule has 0 spiro atoms. The zero-order valence-corrected chi connectivity index (χ0v) is 8.51. The first-order chi connectivity index (χ1) is 7.33. The van der Waals surface area contributed by atoms with Crippen LogP contribution in [0.1, 0.15) is 18.1 Å². The Morgan fingerprint density at radius 3 is 3.13 bits per heavy atom. The van der Waals surface area contributed by atoms with E-state index in [1.807, 2.05) is 6.08 Å². The maximum atomic E-state index is 10.0. The van der Waals surface area contributed by atoms with Gasteiger partial charge in [-0.3, -0.25) is 4.98 Å².